The Morgan fingerprint density at radius 3 is 0.778 bits per heavy atom. The van der Waals surface area contributed by atoms with Crippen LogP contribution in [0.25, 0.3) is 0 Å². The monoisotopic (exact) mass is 1120 g/mol. The Bertz CT molecular complexity index is 1620. The lowest BCUT2D eigenvalue weighted by atomic mass is 10.0. The first kappa shape index (κ1) is 77.1. The van der Waals surface area contributed by atoms with Crippen LogP contribution in [0.4, 0.5) is 0 Å². The fraction of sp³-hybridized carbons (Fsp3) is 0.720. The lowest BCUT2D eigenvalue weighted by molar-refractivity contribution is -0.167. The zero-order chi connectivity index (χ0) is 58.5. The standard InChI is InChI=1S/C75H128O6/c1-4-7-10-13-16-19-22-25-28-30-32-33-34-35-36-37-38-39-40-41-43-44-47-50-53-56-59-62-65-68-74(77)80-71-72(70-79-73(76)67-64-61-58-55-52-49-46-27-24-21-18-15-12-9-6-3)81-75(78)69-66-63-60-57-54-51-48-45-42-31-29-26-23-20-17-14-11-8-5-2/h9,12,17-18,20-22,25-27,29-30,32,34-35,42,45-46,72H,4-8,10-11,13-16,19,23-24,28,31,33,36-41,43-44,47-71H2,1-3H3/b12-9-,20-17-,21-18-,25-22-,29-26-,32-30-,35-34-,45-42-,46-27-. The molecule has 464 valence electrons. The van der Waals surface area contributed by atoms with Crippen molar-refractivity contribution >= 4 is 17.9 Å². The molecule has 0 saturated heterocycles. The Balaban J connectivity index is 4.32. The molecule has 1 unspecified atom stereocenters. The normalized spacial score (nSPS) is 12.8. The van der Waals surface area contributed by atoms with Crippen LogP contribution in [0.5, 0.6) is 0 Å². The molecule has 0 aliphatic carbocycles. The lowest BCUT2D eigenvalue weighted by Gasteiger charge is -2.18. The molecular formula is C75H128O6. The summed E-state index contributed by atoms with van der Waals surface area (Å²) in [5.74, 6) is -0.910. The molecule has 0 spiro atoms. The smallest absolute Gasteiger partial charge is 0.306 e. The summed E-state index contributed by atoms with van der Waals surface area (Å²) >= 11 is 0. The molecular weight excluding hydrogens is 997 g/mol. The van der Waals surface area contributed by atoms with Gasteiger partial charge < -0.3 is 14.2 Å². The van der Waals surface area contributed by atoms with Gasteiger partial charge in [-0.25, -0.2) is 0 Å². The summed E-state index contributed by atoms with van der Waals surface area (Å²) < 4.78 is 16.9. The Morgan fingerprint density at radius 2 is 0.481 bits per heavy atom. The highest BCUT2D eigenvalue weighted by Gasteiger charge is 2.19. The Labute approximate surface area is 501 Å². The van der Waals surface area contributed by atoms with E-state index in [9.17, 15) is 14.4 Å². The lowest BCUT2D eigenvalue weighted by Crippen LogP contribution is -2.30. The van der Waals surface area contributed by atoms with Gasteiger partial charge in [-0.15, -0.1) is 0 Å². The molecule has 6 nitrogen and oxygen atoms in total. The van der Waals surface area contributed by atoms with E-state index in [0.29, 0.717) is 19.3 Å². The van der Waals surface area contributed by atoms with Gasteiger partial charge in [-0.05, 0) is 128 Å². The molecule has 0 aromatic carbocycles. The predicted octanol–water partition coefficient (Wildman–Crippen LogP) is 23.8. The van der Waals surface area contributed by atoms with Crippen LogP contribution in [-0.4, -0.2) is 37.2 Å². The van der Waals surface area contributed by atoms with E-state index in [0.717, 1.165) is 135 Å². The van der Waals surface area contributed by atoms with Crippen LogP contribution in [-0.2, 0) is 28.6 Å². The van der Waals surface area contributed by atoms with Crippen molar-refractivity contribution in [2.45, 2.75) is 335 Å². The maximum atomic E-state index is 12.9. The second-order valence-corrected chi connectivity index (χ2v) is 22.7. The van der Waals surface area contributed by atoms with E-state index in [-0.39, 0.29) is 31.1 Å². The summed E-state index contributed by atoms with van der Waals surface area (Å²) in [7, 11) is 0. The molecule has 81 heavy (non-hydrogen) atoms. The SMILES string of the molecule is CC/C=C\C/C=C\C/C=C\CCCCCCCC(=O)OCC(COC(=O)CCCCCCCCCCCCCCCC/C=C\C/C=C\C/C=C\CCCCCCC)OC(=O)CCCCCCCC/C=C\C/C=C\C/C=C\CCCCC. The molecule has 0 heterocycles. The van der Waals surface area contributed by atoms with E-state index in [1.807, 2.05) is 0 Å². The van der Waals surface area contributed by atoms with Crippen LogP contribution >= 0.6 is 0 Å². The second kappa shape index (κ2) is 68.6. The van der Waals surface area contributed by atoms with Crippen LogP contribution < -0.4 is 0 Å². The van der Waals surface area contributed by atoms with Gasteiger partial charge in [0, 0.05) is 19.3 Å². The van der Waals surface area contributed by atoms with E-state index < -0.39 is 6.10 Å². The highest BCUT2D eigenvalue weighted by atomic mass is 16.6. The average molecular weight is 1130 g/mol. The van der Waals surface area contributed by atoms with Gasteiger partial charge >= 0.3 is 17.9 Å². The van der Waals surface area contributed by atoms with E-state index in [1.54, 1.807) is 0 Å². The third-order valence-electron chi connectivity index (χ3n) is 14.7. The van der Waals surface area contributed by atoms with Crippen LogP contribution in [0.3, 0.4) is 0 Å². The number of hydrogen-bond donors (Lipinski definition) is 0. The van der Waals surface area contributed by atoms with Crippen molar-refractivity contribution in [1.29, 1.82) is 0 Å². The molecule has 0 aromatic rings. The predicted molar refractivity (Wildman–Crippen MR) is 353 cm³/mol. The molecule has 0 aliphatic rings. The molecule has 0 bridgehead atoms. The van der Waals surface area contributed by atoms with Gasteiger partial charge in [0.25, 0.3) is 0 Å². The second-order valence-electron chi connectivity index (χ2n) is 22.7. The van der Waals surface area contributed by atoms with Crippen molar-refractivity contribution in [2.24, 2.45) is 0 Å². The molecule has 6 heteroatoms. The Kier molecular flexibility index (Phi) is 65.2. The average Bonchev–Trinajstić information content (AvgIpc) is 3.47. The number of ether oxygens (including phenoxy) is 3. The van der Waals surface area contributed by atoms with Crippen molar-refractivity contribution in [3.8, 4) is 0 Å². The number of rotatable bonds is 62. The number of carbonyl (C=O) groups excluding carboxylic acids is 3. The van der Waals surface area contributed by atoms with Crippen molar-refractivity contribution in [3.05, 3.63) is 109 Å². The first-order valence-corrected chi connectivity index (χ1v) is 34.4. The van der Waals surface area contributed by atoms with Gasteiger partial charge in [0.05, 0.1) is 0 Å². The largest absolute Gasteiger partial charge is 0.462 e. The van der Waals surface area contributed by atoms with Crippen molar-refractivity contribution in [2.75, 3.05) is 13.2 Å². The minimum atomic E-state index is -0.796. The van der Waals surface area contributed by atoms with Gasteiger partial charge in [-0.3, -0.25) is 14.4 Å². The molecule has 0 aromatic heterocycles. The number of esters is 3. The van der Waals surface area contributed by atoms with E-state index >= 15 is 0 Å². The first-order valence-electron chi connectivity index (χ1n) is 34.4. The number of carbonyl (C=O) groups is 3. The molecule has 0 saturated carbocycles. The highest BCUT2D eigenvalue weighted by molar-refractivity contribution is 5.71. The molecule has 1 atom stereocenters. The van der Waals surface area contributed by atoms with Gasteiger partial charge in [-0.2, -0.15) is 0 Å². The molecule has 0 N–H and O–H groups in total. The topological polar surface area (TPSA) is 78.9 Å². The zero-order valence-electron chi connectivity index (χ0n) is 53.3. The van der Waals surface area contributed by atoms with Gasteiger partial charge in [0.1, 0.15) is 13.2 Å². The molecule has 0 aliphatic heterocycles. The van der Waals surface area contributed by atoms with Crippen LogP contribution in [0.15, 0.2) is 109 Å². The molecule has 0 radical (unpaired) electrons. The Hall–Kier alpha value is -3.93. The Morgan fingerprint density at radius 1 is 0.259 bits per heavy atom. The van der Waals surface area contributed by atoms with Crippen molar-refractivity contribution < 1.29 is 28.6 Å². The van der Waals surface area contributed by atoms with E-state index in [1.165, 1.54) is 154 Å². The fourth-order valence-corrected chi connectivity index (χ4v) is 9.59. The summed E-state index contributed by atoms with van der Waals surface area (Å²) in [6, 6.07) is 0. The summed E-state index contributed by atoms with van der Waals surface area (Å²) in [5.41, 5.74) is 0. The van der Waals surface area contributed by atoms with Crippen LogP contribution in [0.2, 0.25) is 0 Å². The summed E-state index contributed by atoms with van der Waals surface area (Å²) in [5, 5.41) is 0. The third kappa shape index (κ3) is 66.8. The number of allylic oxidation sites excluding steroid dienone is 18. The highest BCUT2D eigenvalue weighted by Crippen LogP contribution is 2.16. The maximum absolute atomic E-state index is 12.9. The first-order chi connectivity index (χ1) is 40.0. The summed E-state index contributed by atoms with van der Waals surface area (Å²) in [4.78, 5) is 38.4. The molecule has 0 amide bonds. The minimum absolute atomic E-state index is 0.0892. The zero-order valence-corrected chi connectivity index (χ0v) is 53.3. The summed E-state index contributed by atoms with van der Waals surface area (Å²) in [6.45, 7) is 6.49. The fourth-order valence-electron chi connectivity index (χ4n) is 9.59. The molecule has 0 rings (SSSR count). The summed E-state index contributed by atoms with van der Waals surface area (Å²) in [6.07, 6.45) is 93.9. The van der Waals surface area contributed by atoms with E-state index in [2.05, 4.69) is 130 Å². The van der Waals surface area contributed by atoms with Gasteiger partial charge in [0.2, 0.25) is 0 Å². The van der Waals surface area contributed by atoms with Crippen LogP contribution in [0.1, 0.15) is 329 Å². The maximum Gasteiger partial charge on any atom is 0.306 e. The number of hydrogen-bond acceptors (Lipinski definition) is 6. The minimum Gasteiger partial charge on any atom is -0.462 e. The van der Waals surface area contributed by atoms with Crippen molar-refractivity contribution in [1.82, 2.24) is 0 Å². The van der Waals surface area contributed by atoms with Crippen LogP contribution in [0, 0.1) is 0 Å². The van der Waals surface area contributed by atoms with Gasteiger partial charge in [-0.1, -0.05) is 291 Å². The quantitative estimate of drug-likeness (QED) is 0.0261. The third-order valence-corrected chi connectivity index (χ3v) is 14.7. The van der Waals surface area contributed by atoms with E-state index in [4.69, 9.17) is 14.2 Å². The molecule has 0 fully saturated rings. The van der Waals surface area contributed by atoms with Gasteiger partial charge in [0.15, 0.2) is 6.10 Å². The van der Waals surface area contributed by atoms with Crippen molar-refractivity contribution in [3.63, 3.8) is 0 Å². The number of unbranched alkanes of at least 4 members (excludes halogenated alkanes) is 33.